The number of benzene rings is 1. The van der Waals surface area contributed by atoms with Crippen LogP contribution in [0.2, 0.25) is 0 Å². The number of hydrogen-bond donors (Lipinski definition) is 2. The highest BCUT2D eigenvalue weighted by molar-refractivity contribution is 5.97. The zero-order chi connectivity index (χ0) is 17.7. The summed E-state index contributed by atoms with van der Waals surface area (Å²) in [6, 6.07) is 4.09. The summed E-state index contributed by atoms with van der Waals surface area (Å²) in [7, 11) is 0. The molecule has 0 bridgehead atoms. The fourth-order valence-electron chi connectivity index (χ4n) is 2.93. The molecule has 1 aliphatic heterocycles. The number of halogens is 1. The molecule has 1 fully saturated rings. The van der Waals surface area contributed by atoms with E-state index in [0.29, 0.717) is 31.9 Å². The van der Waals surface area contributed by atoms with Gasteiger partial charge in [0.1, 0.15) is 5.82 Å². The molecule has 0 saturated carbocycles. The summed E-state index contributed by atoms with van der Waals surface area (Å²) < 4.78 is 14.0. The van der Waals surface area contributed by atoms with Crippen molar-refractivity contribution in [3.05, 3.63) is 29.6 Å². The fourth-order valence-corrected chi connectivity index (χ4v) is 2.93. The Hall–Kier alpha value is -1.99. The van der Waals surface area contributed by atoms with Crippen molar-refractivity contribution in [2.24, 2.45) is 0 Å². The second-order valence-corrected chi connectivity index (χ2v) is 5.95. The lowest BCUT2D eigenvalue weighted by Gasteiger charge is -2.38. The first kappa shape index (κ1) is 18.4. The molecule has 6 nitrogen and oxygen atoms in total. The number of anilines is 1. The third kappa shape index (κ3) is 4.30. The van der Waals surface area contributed by atoms with Gasteiger partial charge in [-0.05, 0) is 24.6 Å². The number of rotatable bonds is 5. The van der Waals surface area contributed by atoms with E-state index in [1.165, 1.54) is 25.1 Å². The number of aliphatic hydroxyl groups is 1. The van der Waals surface area contributed by atoms with Crippen LogP contribution in [-0.4, -0.2) is 65.5 Å². The molecule has 1 aliphatic rings. The third-order valence-electron chi connectivity index (χ3n) is 4.32. The number of carbonyl (C=O) groups excluding carboxylic acids is 2. The Morgan fingerprint density at radius 1 is 1.29 bits per heavy atom. The van der Waals surface area contributed by atoms with Crippen LogP contribution in [-0.2, 0) is 4.79 Å². The standard InChI is InChI=1S/C17H24FN3O3/c1-3-14(11-22)20-6-8-21(9-7-20)17(24)15-10-13(19-12(2)23)4-5-16(15)18/h4-5,10,14,22H,3,6-9,11H2,1-2H3,(H,19,23). The molecule has 2 N–H and O–H groups in total. The van der Waals surface area contributed by atoms with Gasteiger partial charge in [-0.1, -0.05) is 6.92 Å². The van der Waals surface area contributed by atoms with Crippen molar-refractivity contribution in [3.8, 4) is 0 Å². The molecule has 7 heteroatoms. The van der Waals surface area contributed by atoms with Gasteiger partial charge in [-0.25, -0.2) is 4.39 Å². The van der Waals surface area contributed by atoms with Gasteiger partial charge in [-0.3, -0.25) is 14.5 Å². The van der Waals surface area contributed by atoms with Crippen molar-refractivity contribution < 1.29 is 19.1 Å². The Morgan fingerprint density at radius 2 is 1.96 bits per heavy atom. The summed E-state index contributed by atoms with van der Waals surface area (Å²) in [5.74, 6) is -1.25. The molecule has 0 aromatic heterocycles. The molecule has 2 rings (SSSR count). The van der Waals surface area contributed by atoms with Crippen molar-refractivity contribution in [2.75, 3.05) is 38.1 Å². The van der Waals surface area contributed by atoms with Crippen LogP contribution >= 0.6 is 0 Å². The van der Waals surface area contributed by atoms with Crippen LogP contribution in [0.1, 0.15) is 30.6 Å². The van der Waals surface area contributed by atoms with Crippen molar-refractivity contribution in [1.82, 2.24) is 9.80 Å². The maximum Gasteiger partial charge on any atom is 0.256 e. The minimum Gasteiger partial charge on any atom is -0.395 e. The molecule has 132 valence electrons. The van der Waals surface area contributed by atoms with E-state index in [9.17, 15) is 19.1 Å². The summed E-state index contributed by atoms with van der Waals surface area (Å²) in [5, 5.41) is 11.9. The fraction of sp³-hybridized carbons (Fsp3) is 0.529. The van der Waals surface area contributed by atoms with Crippen LogP contribution in [0.25, 0.3) is 0 Å². The number of piperazine rings is 1. The van der Waals surface area contributed by atoms with E-state index < -0.39 is 5.82 Å². The molecule has 1 aromatic rings. The summed E-state index contributed by atoms with van der Waals surface area (Å²) in [6.07, 6.45) is 0.845. The molecule has 0 aliphatic carbocycles. The van der Waals surface area contributed by atoms with Gasteiger partial charge >= 0.3 is 0 Å². The topological polar surface area (TPSA) is 72.9 Å². The van der Waals surface area contributed by atoms with Crippen LogP contribution in [0, 0.1) is 5.82 Å². The molecule has 1 atom stereocenters. The number of hydrogen-bond acceptors (Lipinski definition) is 4. The minimum atomic E-state index is -0.599. The summed E-state index contributed by atoms with van der Waals surface area (Å²) in [6.45, 7) is 5.74. The highest BCUT2D eigenvalue weighted by Crippen LogP contribution is 2.18. The smallest absolute Gasteiger partial charge is 0.256 e. The Balaban J connectivity index is 2.06. The number of aliphatic hydroxyl groups excluding tert-OH is 1. The van der Waals surface area contributed by atoms with E-state index in [1.54, 1.807) is 4.90 Å². The highest BCUT2D eigenvalue weighted by Gasteiger charge is 2.27. The average Bonchev–Trinajstić information content (AvgIpc) is 2.57. The van der Waals surface area contributed by atoms with Crippen molar-refractivity contribution in [3.63, 3.8) is 0 Å². The van der Waals surface area contributed by atoms with Gasteiger partial charge in [0.05, 0.1) is 12.2 Å². The van der Waals surface area contributed by atoms with Crippen LogP contribution in [0.4, 0.5) is 10.1 Å². The lowest BCUT2D eigenvalue weighted by molar-refractivity contribution is -0.114. The molecular weight excluding hydrogens is 313 g/mol. The van der Waals surface area contributed by atoms with Crippen molar-refractivity contribution in [1.29, 1.82) is 0 Å². The first-order valence-corrected chi connectivity index (χ1v) is 8.17. The zero-order valence-corrected chi connectivity index (χ0v) is 14.1. The normalized spacial score (nSPS) is 16.8. The number of nitrogens with zero attached hydrogens (tertiary/aromatic N) is 2. The van der Waals surface area contributed by atoms with E-state index in [4.69, 9.17) is 0 Å². The van der Waals surface area contributed by atoms with E-state index in [-0.39, 0.29) is 30.0 Å². The third-order valence-corrected chi connectivity index (χ3v) is 4.32. The summed E-state index contributed by atoms with van der Waals surface area (Å²) >= 11 is 0. The molecule has 1 heterocycles. The quantitative estimate of drug-likeness (QED) is 0.850. The molecule has 0 spiro atoms. The molecular formula is C17H24FN3O3. The second kappa shape index (κ2) is 8.21. The number of amides is 2. The van der Waals surface area contributed by atoms with Gasteiger partial charge in [0.15, 0.2) is 0 Å². The molecule has 1 aromatic carbocycles. The zero-order valence-electron chi connectivity index (χ0n) is 14.1. The molecule has 0 radical (unpaired) electrons. The largest absolute Gasteiger partial charge is 0.395 e. The predicted molar refractivity (Wildman–Crippen MR) is 89.3 cm³/mol. The van der Waals surface area contributed by atoms with Gasteiger partial charge in [0, 0.05) is 44.8 Å². The first-order valence-electron chi connectivity index (χ1n) is 8.17. The molecule has 2 amide bonds. The van der Waals surface area contributed by atoms with Crippen LogP contribution < -0.4 is 5.32 Å². The highest BCUT2D eigenvalue weighted by atomic mass is 19.1. The maximum atomic E-state index is 14.0. The van der Waals surface area contributed by atoms with E-state index in [0.717, 1.165) is 6.42 Å². The second-order valence-electron chi connectivity index (χ2n) is 5.95. The summed E-state index contributed by atoms with van der Waals surface area (Å²) in [4.78, 5) is 27.4. The van der Waals surface area contributed by atoms with Crippen LogP contribution in [0.3, 0.4) is 0 Å². The molecule has 1 saturated heterocycles. The van der Waals surface area contributed by atoms with E-state index in [1.807, 2.05) is 6.92 Å². The number of nitrogens with one attached hydrogen (secondary N) is 1. The first-order chi connectivity index (χ1) is 11.5. The van der Waals surface area contributed by atoms with Gasteiger partial charge in [-0.2, -0.15) is 0 Å². The van der Waals surface area contributed by atoms with Gasteiger partial charge < -0.3 is 15.3 Å². The molecule has 24 heavy (non-hydrogen) atoms. The lowest BCUT2D eigenvalue weighted by Crippen LogP contribution is -2.52. The van der Waals surface area contributed by atoms with E-state index in [2.05, 4.69) is 10.2 Å². The summed E-state index contributed by atoms with van der Waals surface area (Å²) in [5.41, 5.74) is 0.362. The van der Waals surface area contributed by atoms with Crippen LogP contribution in [0.15, 0.2) is 18.2 Å². The average molecular weight is 337 g/mol. The minimum absolute atomic E-state index is 0.0381. The van der Waals surface area contributed by atoms with Gasteiger partial charge in [-0.15, -0.1) is 0 Å². The maximum absolute atomic E-state index is 14.0. The Kier molecular flexibility index (Phi) is 6.28. The van der Waals surface area contributed by atoms with E-state index >= 15 is 0 Å². The van der Waals surface area contributed by atoms with Gasteiger partial charge in [0.2, 0.25) is 5.91 Å². The van der Waals surface area contributed by atoms with Crippen molar-refractivity contribution in [2.45, 2.75) is 26.3 Å². The van der Waals surface area contributed by atoms with Crippen molar-refractivity contribution >= 4 is 17.5 Å². The lowest BCUT2D eigenvalue weighted by atomic mass is 10.1. The SMILES string of the molecule is CCC(CO)N1CCN(C(=O)c2cc(NC(C)=O)ccc2F)CC1. The predicted octanol–water partition coefficient (Wildman–Crippen LogP) is 1.31. The molecule has 1 unspecified atom stereocenters. The number of carbonyl (C=O) groups is 2. The monoisotopic (exact) mass is 337 g/mol. The van der Waals surface area contributed by atoms with Gasteiger partial charge in [0.25, 0.3) is 5.91 Å². The Labute approximate surface area is 141 Å². The Bertz CT molecular complexity index is 597. The van der Waals surface area contributed by atoms with Crippen LogP contribution in [0.5, 0.6) is 0 Å². The Morgan fingerprint density at radius 3 is 2.50 bits per heavy atom.